The van der Waals surface area contributed by atoms with Crippen LogP contribution >= 0.6 is 11.8 Å². The first-order chi connectivity index (χ1) is 15.0. The minimum atomic E-state index is -0.187. The quantitative estimate of drug-likeness (QED) is 0.301. The summed E-state index contributed by atoms with van der Waals surface area (Å²) in [5, 5.41) is 4.95. The van der Waals surface area contributed by atoms with Crippen molar-refractivity contribution in [1.82, 2.24) is 19.7 Å². The molecule has 8 heteroatoms. The molecule has 160 valence electrons. The highest BCUT2D eigenvalue weighted by Gasteiger charge is 2.22. The number of thioether (sulfide) groups is 1. The molecule has 0 saturated heterocycles. The Labute approximate surface area is 184 Å². The van der Waals surface area contributed by atoms with Crippen LogP contribution < -0.4 is 10.3 Å². The zero-order chi connectivity index (χ0) is 22.0. The van der Waals surface area contributed by atoms with Gasteiger partial charge in [0.05, 0.1) is 29.0 Å². The number of hydrogen-bond acceptors (Lipinski definition) is 7. The fourth-order valence-electron chi connectivity index (χ4n) is 3.34. The Balaban J connectivity index is 1.87. The van der Waals surface area contributed by atoms with Crippen LogP contribution in [-0.4, -0.2) is 26.8 Å². The van der Waals surface area contributed by atoms with Gasteiger partial charge >= 0.3 is 0 Å². The zero-order valence-corrected chi connectivity index (χ0v) is 18.8. The minimum absolute atomic E-state index is 0.151. The Morgan fingerprint density at radius 2 is 2.00 bits per heavy atom. The van der Waals surface area contributed by atoms with Crippen LogP contribution in [-0.2, 0) is 6.42 Å². The third-order valence-electron chi connectivity index (χ3n) is 4.91. The van der Waals surface area contributed by atoms with Crippen molar-refractivity contribution in [3.63, 3.8) is 0 Å². The Bertz CT molecular complexity index is 1280. The van der Waals surface area contributed by atoms with Crippen molar-refractivity contribution < 1.29 is 9.26 Å². The van der Waals surface area contributed by atoms with Crippen LogP contribution in [0.25, 0.3) is 16.6 Å². The molecule has 0 unspecified atom stereocenters. The van der Waals surface area contributed by atoms with E-state index >= 15 is 0 Å². The third-order valence-corrected chi connectivity index (χ3v) is 5.95. The molecule has 0 amide bonds. The molecule has 0 spiro atoms. The lowest BCUT2D eigenvalue weighted by Gasteiger charge is -2.17. The maximum Gasteiger partial charge on any atom is 0.266 e. The van der Waals surface area contributed by atoms with Crippen molar-refractivity contribution in [3.8, 4) is 11.4 Å². The minimum Gasteiger partial charge on any atom is -0.495 e. The number of ether oxygens (including phenoxy) is 1. The van der Waals surface area contributed by atoms with E-state index in [9.17, 15) is 4.79 Å². The predicted molar refractivity (Wildman–Crippen MR) is 121 cm³/mol. The van der Waals surface area contributed by atoms with Gasteiger partial charge in [0.1, 0.15) is 5.75 Å². The number of nitrogens with zero attached hydrogens (tertiary/aromatic N) is 4. The molecule has 0 saturated carbocycles. The van der Waals surface area contributed by atoms with Gasteiger partial charge in [0.25, 0.3) is 5.56 Å². The largest absolute Gasteiger partial charge is 0.495 e. The van der Waals surface area contributed by atoms with Gasteiger partial charge in [-0.1, -0.05) is 42.0 Å². The lowest BCUT2D eigenvalue weighted by molar-refractivity contribution is 0.374. The smallest absolute Gasteiger partial charge is 0.266 e. The van der Waals surface area contributed by atoms with Crippen molar-refractivity contribution in [2.24, 2.45) is 0 Å². The van der Waals surface area contributed by atoms with Gasteiger partial charge in [0.2, 0.25) is 5.89 Å². The summed E-state index contributed by atoms with van der Waals surface area (Å²) in [7, 11) is 1.59. The van der Waals surface area contributed by atoms with Gasteiger partial charge in [0, 0.05) is 6.42 Å². The van der Waals surface area contributed by atoms with Crippen molar-refractivity contribution in [1.29, 1.82) is 0 Å². The highest BCUT2D eigenvalue weighted by molar-refractivity contribution is 7.99. The molecule has 2 aromatic carbocycles. The first-order valence-electron chi connectivity index (χ1n) is 10.2. The van der Waals surface area contributed by atoms with Crippen LogP contribution in [0.4, 0.5) is 0 Å². The Morgan fingerprint density at radius 1 is 1.19 bits per heavy atom. The van der Waals surface area contributed by atoms with Gasteiger partial charge in [-0.2, -0.15) is 4.98 Å². The molecule has 2 heterocycles. The van der Waals surface area contributed by atoms with Gasteiger partial charge in [0.15, 0.2) is 11.0 Å². The lowest BCUT2D eigenvalue weighted by Crippen LogP contribution is -2.22. The lowest BCUT2D eigenvalue weighted by atomic mass is 10.2. The normalized spacial score (nSPS) is 12.3. The van der Waals surface area contributed by atoms with Crippen molar-refractivity contribution in [2.75, 3.05) is 7.11 Å². The second-order valence-electron chi connectivity index (χ2n) is 7.29. The fraction of sp³-hybridized carbons (Fsp3) is 0.304. The summed E-state index contributed by atoms with van der Waals surface area (Å²) in [5.41, 5.74) is 2.15. The molecule has 31 heavy (non-hydrogen) atoms. The van der Waals surface area contributed by atoms with E-state index in [1.54, 1.807) is 17.7 Å². The Hall–Kier alpha value is -3.13. The number of hydrogen-bond donors (Lipinski definition) is 0. The van der Waals surface area contributed by atoms with E-state index in [0.717, 1.165) is 18.4 Å². The van der Waals surface area contributed by atoms with Gasteiger partial charge in [-0.25, -0.2) is 4.98 Å². The predicted octanol–water partition coefficient (Wildman–Crippen LogP) is 4.89. The monoisotopic (exact) mass is 436 g/mol. The van der Waals surface area contributed by atoms with Crippen LogP contribution in [0.2, 0.25) is 0 Å². The molecule has 0 fully saturated rings. The molecule has 0 aliphatic rings. The summed E-state index contributed by atoms with van der Waals surface area (Å²) in [4.78, 5) is 22.8. The van der Waals surface area contributed by atoms with Crippen LogP contribution in [0, 0.1) is 6.92 Å². The summed E-state index contributed by atoms with van der Waals surface area (Å²) in [6, 6.07) is 13.1. The van der Waals surface area contributed by atoms with E-state index in [4.69, 9.17) is 14.2 Å². The van der Waals surface area contributed by atoms with Crippen LogP contribution in [0.5, 0.6) is 5.75 Å². The zero-order valence-electron chi connectivity index (χ0n) is 18.0. The first-order valence-corrected chi connectivity index (χ1v) is 11.1. The molecular formula is C23H24N4O3S. The van der Waals surface area contributed by atoms with Crippen LogP contribution in [0.3, 0.4) is 0 Å². The first kappa shape index (κ1) is 21.1. The second-order valence-corrected chi connectivity index (χ2v) is 8.59. The molecule has 0 aliphatic heterocycles. The molecular weight excluding hydrogens is 412 g/mol. The standard InChI is InChI=1S/C23H24N4O3S/c1-5-8-20-25-21(30-26-20)15(3)31-23-24-17-10-7-6-9-16(17)22(28)27(23)18-13-14(2)11-12-19(18)29-4/h6-7,9-13,15H,5,8H2,1-4H3/t15-/m1/s1. The third kappa shape index (κ3) is 4.20. The number of benzene rings is 2. The summed E-state index contributed by atoms with van der Waals surface area (Å²) in [6.45, 7) is 6.01. The highest BCUT2D eigenvalue weighted by atomic mass is 32.2. The van der Waals surface area contributed by atoms with E-state index < -0.39 is 0 Å². The number of methoxy groups -OCH3 is 1. The number of para-hydroxylation sites is 1. The highest BCUT2D eigenvalue weighted by Crippen LogP contribution is 2.35. The average Bonchev–Trinajstić information content (AvgIpc) is 3.23. The van der Waals surface area contributed by atoms with Crippen molar-refractivity contribution in [3.05, 3.63) is 70.1 Å². The van der Waals surface area contributed by atoms with E-state index in [-0.39, 0.29) is 10.8 Å². The summed E-state index contributed by atoms with van der Waals surface area (Å²) in [6.07, 6.45) is 1.71. The molecule has 0 radical (unpaired) electrons. The number of aryl methyl sites for hydroxylation is 2. The molecule has 7 nitrogen and oxygen atoms in total. The average molecular weight is 437 g/mol. The molecule has 4 rings (SSSR count). The van der Waals surface area contributed by atoms with Crippen LogP contribution in [0.15, 0.2) is 56.9 Å². The van der Waals surface area contributed by atoms with Crippen molar-refractivity contribution >= 4 is 22.7 Å². The second kappa shape index (κ2) is 8.93. The number of rotatable bonds is 7. The maximum atomic E-state index is 13.5. The summed E-state index contributed by atoms with van der Waals surface area (Å²) < 4.78 is 12.6. The van der Waals surface area contributed by atoms with Gasteiger partial charge < -0.3 is 9.26 Å². The number of aromatic nitrogens is 4. The van der Waals surface area contributed by atoms with Gasteiger partial charge in [-0.05, 0) is 50.1 Å². The topological polar surface area (TPSA) is 83.0 Å². The molecule has 4 aromatic rings. The van der Waals surface area contributed by atoms with E-state index in [0.29, 0.717) is 39.2 Å². The van der Waals surface area contributed by atoms with E-state index in [1.165, 1.54) is 11.8 Å². The van der Waals surface area contributed by atoms with Crippen LogP contribution in [0.1, 0.15) is 42.8 Å². The van der Waals surface area contributed by atoms with Gasteiger partial charge in [-0.15, -0.1) is 0 Å². The van der Waals surface area contributed by atoms with E-state index in [1.807, 2.05) is 50.2 Å². The fourth-order valence-corrected chi connectivity index (χ4v) is 4.30. The number of fused-ring (bicyclic) bond motifs is 1. The Morgan fingerprint density at radius 3 is 2.77 bits per heavy atom. The summed E-state index contributed by atoms with van der Waals surface area (Å²) >= 11 is 1.40. The maximum absolute atomic E-state index is 13.5. The Kier molecular flexibility index (Phi) is 6.08. The van der Waals surface area contributed by atoms with E-state index in [2.05, 4.69) is 17.1 Å². The SMILES string of the molecule is CCCc1noc([C@@H](C)Sc2nc3ccccc3c(=O)n2-c2cc(C)ccc2OC)n1. The molecule has 0 bridgehead atoms. The summed E-state index contributed by atoms with van der Waals surface area (Å²) in [5.74, 6) is 1.80. The molecule has 2 aromatic heterocycles. The molecule has 1 atom stereocenters. The molecule has 0 N–H and O–H groups in total. The van der Waals surface area contributed by atoms with Crippen molar-refractivity contribution in [2.45, 2.75) is 44.0 Å². The van der Waals surface area contributed by atoms with Gasteiger partial charge in [-0.3, -0.25) is 9.36 Å². The molecule has 0 aliphatic carbocycles.